The topological polar surface area (TPSA) is 59.6 Å². The van der Waals surface area contributed by atoms with Crippen molar-refractivity contribution in [2.75, 3.05) is 18.5 Å². The number of carbonyl (C=O) groups is 1. The van der Waals surface area contributed by atoms with E-state index >= 15 is 0 Å². The lowest BCUT2D eigenvalue weighted by Crippen LogP contribution is -2.34. The number of ether oxygens (including phenoxy) is 2. The standard InChI is InChI=1S/C22H26N2O3S/c1-15(2)13-26-18-11-9-17(10-12-18)21(25)24-22(28)23-19-7-5-6-8-20(19)27-14-16(3)4/h5-12,15H,3,13-14H2,1-2,4H3,(H2,23,24,25,28). The van der Waals surface area contributed by atoms with E-state index < -0.39 is 0 Å². The molecule has 28 heavy (non-hydrogen) atoms. The number of hydrogen-bond acceptors (Lipinski definition) is 4. The molecule has 0 atom stereocenters. The largest absolute Gasteiger partial charge is 0.493 e. The number of thiocarbonyl (C=S) groups is 1. The van der Waals surface area contributed by atoms with E-state index in [-0.39, 0.29) is 11.0 Å². The maximum Gasteiger partial charge on any atom is 0.257 e. The predicted octanol–water partition coefficient (Wildman–Crippen LogP) is 4.80. The van der Waals surface area contributed by atoms with Gasteiger partial charge in [0.05, 0.1) is 12.3 Å². The van der Waals surface area contributed by atoms with Gasteiger partial charge in [-0.25, -0.2) is 0 Å². The second-order valence-electron chi connectivity index (χ2n) is 6.88. The lowest BCUT2D eigenvalue weighted by atomic mass is 10.2. The minimum Gasteiger partial charge on any atom is -0.493 e. The van der Waals surface area contributed by atoms with Crippen molar-refractivity contribution in [3.63, 3.8) is 0 Å². The van der Waals surface area contributed by atoms with Crippen LogP contribution in [0.2, 0.25) is 0 Å². The Bertz CT molecular complexity index is 832. The summed E-state index contributed by atoms with van der Waals surface area (Å²) < 4.78 is 11.3. The summed E-state index contributed by atoms with van der Waals surface area (Å²) in [7, 11) is 0. The van der Waals surface area contributed by atoms with Gasteiger partial charge < -0.3 is 14.8 Å². The van der Waals surface area contributed by atoms with Gasteiger partial charge in [0.2, 0.25) is 0 Å². The van der Waals surface area contributed by atoms with Crippen LogP contribution in [0, 0.1) is 5.92 Å². The first-order valence-electron chi connectivity index (χ1n) is 9.06. The van der Waals surface area contributed by atoms with Crippen molar-refractivity contribution in [3.05, 3.63) is 66.2 Å². The summed E-state index contributed by atoms with van der Waals surface area (Å²) in [5, 5.41) is 5.86. The minimum atomic E-state index is -0.298. The SMILES string of the molecule is C=C(C)COc1ccccc1NC(=S)NC(=O)c1ccc(OCC(C)C)cc1. The molecule has 148 valence electrons. The second kappa shape index (κ2) is 10.5. The number of nitrogens with one attached hydrogen (secondary N) is 2. The molecular formula is C22H26N2O3S. The molecule has 2 aromatic rings. The van der Waals surface area contributed by atoms with Crippen molar-refractivity contribution in [3.8, 4) is 11.5 Å². The van der Waals surface area contributed by atoms with E-state index in [1.807, 2.05) is 31.2 Å². The van der Waals surface area contributed by atoms with Crippen molar-refractivity contribution in [2.24, 2.45) is 5.92 Å². The summed E-state index contributed by atoms with van der Waals surface area (Å²) in [6.07, 6.45) is 0. The molecule has 0 saturated carbocycles. The van der Waals surface area contributed by atoms with Gasteiger partial charge in [-0.1, -0.05) is 32.6 Å². The summed E-state index contributed by atoms with van der Waals surface area (Å²) >= 11 is 5.26. The summed E-state index contributed by atoms with van der Waals surface area (Å²) in [5.41, 5.74) is 2.07. The van der Waals surface area contributed by atoms with Crippen molar-refractivity contribution in [1.82, 2.24) is 5.32 Å². The third-order valence-corrected chi connectivity index (χ3v) is 3.74. The van der Waals surface area contributed by atoms with Gasteiger partial charge in [0.15, 0.2) is 5.11 Å². The molecule has 0 aliphatic heterocycles. The summed E-state index contributed by atoms with van der Waals surface area (Å²) in [5.74, 6) is 1.50. The van der Waals surface area contributed by atoms with Crippen LogP contribution in [0.3, 0.4) is 0 Å². The van der Waals surface area contributed by atoms with E-state index in [1.54, 1.807) is 24.3 Å². The number of para-hydroxylation sites is 2. The monoisotopic (exact) mass is 398 g/mol. The van der Waals surface area contributed by atoms with Crippen molar-refractivity contribution in [1.29, 1.82) is 0 Å². The van der Waals surface area contributed by atoms with Crippen LogP contribution in [0.4, 0.5) is 5.69 Å². The molecule has 0 aromatic heterocycles. The number of amides is 1. The Morgan fingerprint density at radius 3 is 2.43 bits per heavy atom. The average molecular weight is 399 g/mol. The minimum absolute atomic E-state index is 0.191. The Hall–Kier alpha value is -2.86. The number of rotatable bonds is 8. The second-order valence-corrected chi connectivity index (χ2v) is 7.29. The highest BCUT2D eigenvalue weighted by Crippen LogP contribution is 2.24. The van der Waals surface area contributed by atoms with Crippen LogP contribution in [-0.2, 0) is 0 Å². The molecule has 0 bridgehead atoms. The maximum atomic E-state index is 12.4. The van der Waals surface area contributed by atoms with Gasteiger partial charge in [0.25, 0.3) is 5.91 Å². The smallest absolute Gasteiger partial charge is 0.257 e. The molecule has 0 spiro atoms. The van der Waals surface area contributed by atoms with E-state index in [0.29, 0.717) is 36.1 Å². The Morgan fingerprint density at radius 1 is 1.11 bits per heavy atom. The fourth-order valence-electron chi connectivity index (χ4n) is 2.19. The molecule has 0 heterocycles. The Kier molecular flexibility index (Phi) is 8.02. The highest BCUT2D eigenvalue weighted by Gasteiger charge is 2.10. The van der Waals surface area contributed by atoms with E-state index in [0.717, 1.165) is 11.3 Å². The summed E-state index contributed by atoms with van der Waals surface area (Å²) in [4.78, 5) is 12.4. The molecule has 0 aliphatic rings. The molecule has 0 fully saturated rings. The van der Waals surface area contributed by atoms with E-state index in [9.17, 15) is 4.79 Å². The molecule has 0 unspecified atom stereocenters. The van der Waals surface area contributed by atoms with Gasteiger partial charge in [-0.05, 0) is 67.0 Å². The van der Waals surface area contributed by atoms with Gasteiger partial charge in [-0.15, -0.1) is 0 Å². The van der Waals surface area contributed by atoms with E-state index in [1.165, 1.54) is 0 Å². The predicted molar refractivity (Wildman–Crippen MR) is 117 cm³/mol. The first-order valence-corrected chi connectivity index (χ1v) is 9.47. The Labute approximate surface area is 171 Å². The third-order valence-electron chi connectivity index (χ3n) is 3.54. The van der Waals surface area contributed by atoms with Crippen LogP contribution in [0.5, 0.6) is 11.5 Å². The van der Waals surface area contributed by atoms with Gasteiger partial charge in [-0.2, -0.15) is 0 Å². The molecule has 2 aromatic carbocycles. The Balaban J connectivity index is 1.94. The molecule has 0 saturated heterocycles. The summed E-state index contributed by atoms with van der Waals surface area (Å²) in [6, 6.07) is 14.3. The van der Waals surface area contributed by atoms with Gasteiger partial charge >= 0.3 is 0 Å². The zero-order valence-corrected chi connectivity index (χ0v) is 17.3. The molecule has 0 radical (unpaired) electrons. The maximum absolute atomic E-state index is 12.4. The van der Waals surface area contributed by atoms with Crippen LogP contribution in [0.25, 0.3) is 0 Å². The van der Waals surface area contributed by atoms with Crippen molar-refractivity contribution >= 4 is 28.9 Å². The number of anilines is 1. The van der Waals surface area contributed by atoms with Crippen LogP contribution in [0.15, 0.2) is 60.7 Å². The molecule has 6 heteroatoms. The molecular weight excluding hydrogens is 372 g/mol. The summed E-state index contributed by atoms with van der Waals surface area (Å²) in [6.45, 7) is 10.9. The molecule has 1 amide bonds. The lowest BCUT2D eigenvalue weighted by Gasteiger charge is -2.14. The van der Waals surface area contributed by atoms with Gasteiger partial charge in [0.1, 0.15) is 18.1 Å². The quantitative estimate of drug-likeness (QED) is 0.494. The van der Waals surface area contributed by atoms with Gasteiger partial charge in [0, 0.05) is 5.56 Å². The third kappa shape index (κ3) is 7.04. The lowest BCUT2D eigenvalue weighted by molar-refractivity contribution is 0.0977. The highest BCUT2D eigenvalue weighted by molar-refractivity contribution is 7.80. The van der Waals surface area contributed by atoms with Crippen LogP contribution >= 0.6 is 12.2 Å². The molecule has 0 aliphatic carbocycles. The Morgan fingerprint density at radius 2 is 1.79 bits per heavy atom. The fourth-order valence-corrected chi connectivity index (χ4v) is 2.39. The van der Waals surface area contributed by atoms with Crippen molar-refractivity contribution in [2.45, 2.75) is 20.8 Å². The zero-order chi connectivity index (χ0) is 20.5. The fraction of sp³-hybridized carbons (Fsp3) is 0.273. The number of carbonyl (C=O) groups excluding carboxylic acids is 1. The van der Waals surface area contributed by atoms with Crippen molar-refractivity contribution < 1.29 is 14.3 Å². The normalized spacial score (nSPS) is 10.3. The van der Waals surface area contributed by atoms with E-state index in [2.05, 4.69) is 31.1 Å². The number of benzene rings is 2. The van der Waals surface area contributed by atoms with E-state index in [4.69, 9.17) is 21.7 Å². The van der Waals surface area contributed by atoms with Crippen LogP contribution in [0.1, 0.15) is 31.1 Å². The average Bonchev–Trinajstić information content (AvgIpc) is 2.65. The van der Waals surface area contributed by atoms with Crippen LogP contribution < -0.4 is 20.1 Å². The highest BCUT2D eigenvalue weighted by atomic mass is 32.1. The van der Waals surface area contributed by atoms with Crippen LogP contribution in [-0.4, -0.2) is 24.2 Å². The first kappa shape index (κ1) is 21.4. The zero-order valence-electron chi connectivity index (χ0n) is 16.5. The first-order chi connectivity index (χ1) is 13.3. The van der Waals surface area contributed by atoms with Gasteiger partial charge in [-0.3, -0.25) is 10.1 Å². The molecule has 2 rings (SSSR count). The molecule has 2 N–H and O–H groups in total. The molecule has 5 nitrogen and oxygen atoms in total. The number of hydrogen-bond donors (Lipinski definition) is 2.